The third-order valence-corrected chi connectivity index (χ3v) is 2.54. The minimum absolute atomic E-state index is 0.0373. The number of aryl methyl sites for hydroxylation is 1. The predicted molar refractivity (Wildman–Crippen MR) is 71.6 cm³/mol. The largest absolute Gasteiger partial charge is 0.466 e. The first-order chi connectivity index (χ1) is 9.12. The molecule has 5 nitrogen and oxygen atoms in total. The average molecular weight is 263 g/mol. The van der Waals surface area contributed by atoms with Crippen molar-refractivity contribution in [1.29, 1.82) is 0 Å². The molecule has 0 aromatic heterocycles. The molecule has 0 aliphatic heterocycles. The predicted octanol–water partition coefficient (Wildman–Crippen LogP) is 1.89. The molecule has 19 heavy (non-hydrogen) atoms. The summed E-state index contributed by atoms with van der Waals surface area (Å²) in [5.41, 5.74) is 1.82. The Labute approximate surface area is 112 Å². The maximum absolute atomic E-state index is 11.6. The van der Waals surface area contributed by atoms with E-state index in [1.807, 2.05) is 31.2 Å². The number of rotatable bonds is 5. The SMILES string of the molecule is CCc1ccccc1N/C(=C/C(=O)OC)C(=O)OC. The first-order valence-electron chi connectivity index (χ1n) is 5.85. The molecule has 5 heteroatoms. The van der Waals surface area contributed by atoms with E-state index in [0.29, 0.717) is 0 Å². The summed E-state index contributed by atoms with van der Waals surface area (Å²) in [7, 11) is 2.49. The molecular weight excluding hydrogens is 246 g/mol. The number of anilines is 1. The normalized spacial score (nSPS) is 10.8. The van der Waals surface area contributed by atoms with Crippen LogP contribution >= 0.6 is 0 Å². The fourth-order valence-corrected chi connectivity index (χ4v) is 1.53. The van der Waals surface area contributed by atoms with E-state index in [9.17, 15) is 9.59 Å². The summed E-state index contributed by atoms with van der Waals surface area (Å²) >= 11 is 0. The van der Waals surface area contributed by atoms with Gasteiger partial charge in [-0.25, -0.2) is 9.59 Å². The van der Waals surface area contributed by atoms with Gasteiger partial charge in [0.05, 0.1) is 20.3 Å². The maximum Gasteiger partial charge on any atom is 0.354 e. The van der Waals surface area contributed by atoms with Crippen molar-refractivity contribution in [3.05, 3.63) is 41.6 Å². The second-order valence-electron chi connectivity index (χ2n) is 3.71. The molecule has 0 saturated carbocycles. The Kier molecular flexibility index (Phi) is 5.60. The van der Waals surface area contributed by atoms with Gasteiger partial charge in [-0.2, -0.15) is 0 Å². The number of para-hydroxylation sites is 1. The number of benzene rings is 1. The summed E-state index contributed by atoms with van der Waals surface area (Å²) in [4.78, 5) is 22.8. The van der Waals surface area contributed by atoms with E-state index >= 15 is 0 Å². The zero-order valence-electron chi connectivity index (χ0n) is 11.2. The Morgan fingerprint density at radius 1 is 1.21 bits per heavy atom. The number of carbonyl (C=O) groups excluding carboxylic acids is 2. The average Bonchev–Trinajstić information content (AvgIpc) is 2.45. The van der Waals surface area contributed by atoms with Crippen LogP contribution in [-0.4, -0.2) is 26.2 Å². The number of ether oxygens (including phenoxy) is 2. The van der Waals surface area contributed by atoms with Crippen LogP contribution in [0.15, 0.2) is 36.0 Å². The first-order valence-corrected chi connectivity index (χ1v) is 5.85. The molecule has 0 unspecified atom stereocenters. The van der Waals surface area contributed by atoms with Crippen LogP contribution in [0.3, 0.4) is 0 Å². The van der Waals surface area contributed by atoms with Gasteiger partial charge in [0.15, 0.2) is 0 Å². The zero-order chi connectivity index (χ0) is 14.3. The van der Waals surface area contributed by atoms with Crippen LogP contribution in [0.2, 0.25) is 0 Å². The molecular formula is C14H17NO4. The Morgan fingerprint density at radius 2 is 1.89 bits per heavy atom. The maximum atomic E-state index is 11.6. The lowest BCUT2D eigenvalue weighted by Gasteiger charge is -2.12. The van der Waals surface area contributed by atoms with Crippen LogP contribution in [0.25, 0.3) is 0 Å². The quantitative estimate of drug-likeness (QED) is 0.649. The van der Waals surface area contributed by atoms with E-state index < -0.39 is 11.9 Å². The fourth-order valence-electron chi connectivity index (χ4n) is 1.53. The number of carbonyl (C=O) groups is 2. The Bertz CT molecular complexity index is 494. The molecule has 0 aliphatic rings. The van der Waals surface area contributed by atoms with Crippen LogP contribution in [0.1, 0.15) is 12.5 Å². The Morgan fingerprint density at radius 3 is 2.47 bits per heavy atom. The fraction of sp³-hybridized carbons (Fsp3) is 0.286. The smallest absolute Gasteiger partial charge is 0.354 e. The molecule has 0 spiro atoms. The minimum atomic E-state index is -0.628. The number of methoxy groups -OCH3 is 2. The molecule has 0 aliphatic carbocycles. The number of hydrogen-bond donors (Lipinski definition) is 1. The van der Waals surface area contributed by atoms with E-state index in [4.69, 9.17) is 0 Å². The molecule has 0 amide bonds. The lowest BCUT2D eigenvalue weighted by molar-refractivity contribution is -0.138. The van der Waals surface area contributed by atoms with Crippen molar-refractivity contribution in [2.45, 2.75) is 13.3 Å². The van der Waals surface area contributed by atoms with Gasteiger partial charge in [-0.05, 0) is 18.1 Å². The van der Waals surface area contributed by atoms with Gasteiger partial charge in [-0.1, -0.05) is 25.1 Å². The summed E-state index contributed by atoms with van der Waals surface area (Å²) in [5.74, 6) is -1.25. The van der Waals surface area contributed by atoms with Crippen molar-refractivity contribution in [1.82, 2.24) is 0 Å². The monoisotopic (exact) mass is 263 g/mol. The van der Waals surface area contributed by atoms with Crippen LogP contribution in [-0.2, 0) is 25.5 Å². The molecule has 0 bridgehead atoms. The standard InChI is InChI=1S/C14H17NO4/c1-4-10-7-5-6-8-11(10)15-12(14(17)19-3)9-13(16)18-2/h5-9,15H,4H2,1-3H3/b12-9+. The highest BCUT2D eigenvalue weighted by Crippen LogP contribution is 2.18. The van der Waals surface area contributed by atoms with Gasteiger partial charge in [0.25, 0.3) is 0 Å². The van der Waals surface area contributed by atoms with Gasteiger partial charge < -0.3 is 14.8 Å². The van der Waals surface area contributed by atoms with Crippen LogP contribution in [0, 0.1) is 0 Å². The Hall–Kier alpha value is -2.30. The summed E-state index contributed by atoms with van der Waals surface area (Å²) in [6, 6.07) is 7.52. The number of hydrogen-bond acceptors (Lipinski definition) is 5. The molecule has 1 N–H and O–H groups in total. The molecule has 0 fully saturated rings. The Balaban J connectivity index is 3.04. The molecule has 0 atom stereocenters. The van der Waals surface area contributed by atoms with E-state index in [1.165, 1.54) is 14.2 Å². The van der Waals surface area contributed by atoms with Crippen molar-refractivity contribution < 1.29 is 19.1 Å². The second kappa shape index (κ2) is 7.20. The summed E-state index contributed by atoms with van der Waals surface area (Å²) in [6.45, 7) is 2.00. The summed E-state index contributed by atoms with van der Waals surface area (Å²) < 4.78 is 9.13. The summed E-state index contributed by atoms with van der Waals surface area (Å²) in [6.07, 6.45) is 1.87. The van der Waals surface area contributed by atoms with Crippen LogP contribution in [0.5, 0.6) is 0 Å². The van der Waals surface area contributed by atoms with Crippen molar-refractivity contribution in [3.63, 3.8) is 0 Å². The van der Waals surface area contributed by atoms with E-state index in [2.05, 4.69) is 14.8 Å². The van der Waals surface area contributed by atoms with Crippen LogP contribution in [0.4, 0.5) is 5.69 Å². The number of esters is 2. The highest BCUT2D eigenvalue weighted by molar-refractivity contribution is 5.98. The second-order valence-corrected chi connectivity index (χ2v) is 3.71. The van der Waals surface area contributed by atoms with E-state index in [-0.39, 0.29) is 5.70 Å². The van der Waals surface area contributed by atoms with Crippen molar-refractivity contribution in [3.8, 4) is 0 Å². The number of nitrogens with one attached hydrogen (secondary N) is 1. The third kappa shape index (κ3) is 4.13. The molecule has 102 valence electrons. The molecule has 0 radical (unpaired) electrons. The van der Waals surface area contributed by atoms with Crippen molar-refractivity contribution >= 4 is 17.6 Å². The highest BCUT2D eigenvalue weighted by atomic mass is 16.5. The van der Waals surface area contributed by atoms with Gasteiger partial charge in [0.1, 0.15) is 5.70 Å². The zero-order valence-corrected chi connectivity index (χ0v) is 11.2. The van der Waals surface area contributed by atoms with Gasteiger partial charge in [-0.3, -0.25) is 0 Å². The topological polar surface area (TPSA) is 64.6 Å². The first kappa shape index (κ1) is 14.8. The summed E-state index contributed by atoms with van der Waals surface area (Å²) in [5, 5.41) is 2.90. The highest BCUT2D eigenvalue weighted by Gasteiger charge is 2.13. The van der Waals surface area contributed by atoms with E-state index in [1.54, 1.807) is 0 Å². The van der Waals surface area contributed by atoms with E-state index in [0.717, 1.165) is 23.7 Å². The van der Waals surface area contributed by atoms with Gasteiger partial charge in [0.2, 0.25) is 0 Å². The third-order valence-electron chi connectivity index (χ3n) is 2.54. The van der Waals surface area contributed by atoms with Crippen molar-refractivity contribution in [2.24, 2.45) is 0 Å². The molecule has 1 aromatic carbocycles. The van der Waals surface area contributed by atoms with Crippen LogP contribution < -0.4 is 5.32 Å². The molecule has 0 saturated heterocycles. The lowest BCUT2D eigenvalue weighted by Crippen LogP contribution is -2.16. The minimum Gasteiger partial charge on any atom is -0.466 e. The molecule has 1 aromatic rings. The van der Waals surface area contributed by atoms with Gasteiger partial charge in [-0.15, -0.1) is 0 Å². The van der Waals surface area contributed by atoms with Crippen molar-refractivity contribution in [2.75, 3.05) is 19.5 Å². The molecule has 0 heterocycles. The lowest BCUT2D eigenvalue weighted by atomic mass is 10.1. The molecule has 1 rings (SSSR count). The van der Waals surface area contributed by atoms with Gasteiger partial charge >= 0.3 is 11.9 Å². The van der Waals surface area contributed by atoms with Gasteiger partial charge in [0, 0.05) is 5.69 Å².